The fourth-order valence-corrected chi connectivity index (χ4v) is 7.28. The maximum atomic E-state index is 4.91. The SMILES string of the molecule is CC(C)[NH+]1CCc2c(sc3ncn4nc(CSc5nc6ccccc6s5)nc4c23)C1. The molecule has 0 amide bonds. The van der Waals surface area contributed by atoms with Crippen LogP contribution in [0, 0.1) is 0 Å². The van der Waals surface area contributed by atoms with Crippen molar-refractivity contribution in [3.05, 3.63) is 46.9 Å². The minimum atomic E-state index is 0.649. The first-order valence-corrected chi connectivity index (χ1v) is 12.7. The van der Waals surface area contributed by atoms with Gasteiger partial charge in [0.2, 0.25) is 0 Å². The predicted octanol–water partition coefficient (Wildman–Crippen LogP) is 3.59. The van der Waals surface area contributed by atoms with Crippen LogP contribution in [0.5, 0.6) is 0 Å². The third-order valence-electron chi connectivity index (χ3n) is 5.75. The van der Waals surface area contributed by atoms with E-state index >= 15 is 0 Å². The van der Waals surface area contributed by atoms with E-state index in [4.69, 9.17) is 20.1 Å². The number of fused-ring (bicyclic) bond motifs is 6. The van der Waals surface area contributed by atoms with Crippen LogP contribution in [0.25, 0.3) is 26.1 Å². The molecule has 1 unspecified atom stereocenters. The zero-order valence-corrected chi connectivity index (χ0v) is 19.2. The number of benzene rings is 1. The Balaban J connectivity index is 1.33. The second-order valence-electron chi connectivity index (χ2n) is 7.95. The lowest BCUT2D eigenvalue weighted by molar-refractivity contribution is -0.936. The van der Waals surface area contributed by atoms with E-state index in [2.05, 4.69) is 32.0 Å². The molecule has 1 atom stereocenters. The van der Waals surface area contributed by atoms with Crippen molar-refractivity contribution in [2.24, 2.45) is 0 Å². The Bertz CT molecular complexity index is 1350. The summed E-state index contributed by atoms with van der Waals surface area (Å²) in [6.45, 7) is 6.87. The second kappa shape index (κ2) is 7.26. The van der Waals surface area contributed by atoms with Crippen LogP contribution in [0.3, 0.4) is 0 Å². The van der Waals surface area contributed by atoms with Gasteiger partial charge in [0, 0.05) is 6.42 Å². The number of quaternary nitrogens is 1. The maximum Gasteiger partial charge on any atom is 0.168 e. The van der Waals surface area contributed by atoms with Gasteiger partial charge in [-0.3, -0.25) is 0 Å². The smallest absolute Gasteiger partial charge is 0.168 e. The highest BCUT2D eigenvalue weighted by molar-refractivity contribution is 8.00. The molecule has 152 valence electrons. The molecule has 0 saturated heterocycles. The van der Waals surface area contributed by atoms with E-state index in [1.807, 2.05) is 28.2 Å². The van der Waals surface area contributed by atoms with E-state index in [-0.39, 0.29) is 0 Å². The number of para-hydroxylation sites is 1. The molecule has 1 N–H and O–H groups in total. The molecule has 1 aromatic carbocycles. The third kappa shape index (κ3) is 3.11. The van der Waals surface area contributed by atoms with Gasteiger partial charge in [-0.25, -0.2) is 19.5 Å². The number of thiazole rings is 1. The molecule has 6 nitrogen and oxygen atoms in total. The molecular weight excluding hydrogens is 432 g/mol. The van der Waals surface area contributed by atoms with Gasteiger partial charge < -0.3 is 4.90 Å². The van der Waals surface area contributed by atoms with Crippen molar-refractivity contribution < 1.29 is 4.90 Å². The predicted molar refractivity (Wildman–Crippen MR) is 124 cm³/mol. The van der Waals surface area contributed by atoms with Crippen molar-refractivity contribution in [2.45, 2.75) is 42.9 Å². The Kier molecular flexibility index (Phi) is 4.52. The fraction of sp³-hybridized carbons (Fsp3) is 0.333. The number of aromatic nitrogens is 5. The maximum absolute atomic E-state index is 4.91. The summed E-state index contributed by atoms with van der Waals surface area (Å²) in [5.74, 6) is 1.54. The molecule has 0 aliphatic carbocycles. The van der Waals surface area contributed by atoms with Gasteiger partial charge in [-0.05, 0) is 31.5 Å². The quantitative estimate of drug-likeness (QED) is 0.422. The van der Waals surface area contributed by atoms with Crippen molar-refractivity contribution in [1.82, 2.24) is 24.6 Å². The zero-order chi connectivity index (χ0) is 20.2. The number of hydrogen-bond acceptors (Lipinski definition) is 7. The standard InChI is InChI=1S/C21H20N6S3/c1-12(2)26-8-7-13-16(9-26)29-20-18(13)19-24-17(25-27(19)11-22-20)10-28-21-23-14-5-3-4-6-15(14)30-21/h3-6,11-12H,7-10H2,1-2H3/p+1. The van der Waals surface area contributed by atoms with Crippen molar-refractivity contribution in [3.8, 4) is 0 Å². The van der Waals surface area contributed by atoms with Crippen LogP contribution in [0.4, 0.5) is 0 Å². The lowest BCUT2D eigenvalue weighted by Gasteiger charge is -2.27. The van der Waals surface area contributed by atoms with Gasteiger partial charge in [0.05, 0.1) is 38.8 Å². The summed E-state index contributed by atoms with van der Waals surface area (Å²) in [7, 11) is 0. The van der Waals surface area contributed by atoms with E-state index in [1.165, 1.54) is 27.1 Å². The van der Waals surface area contributed by atoms with E-state index < -0.39 is 0 Å². The van der Waals surface area contributed by atoms with Crippen LogP contribution >= 0.6 is 34.4 Å². The highest BCUT2D eigenvalue weighted by atomic mass is 32.2. The Labute approximate surface area is 186 Å². The van der Waals surface area contributed by atoms with Gasteiger partial charge in [0.15, 0.2) is 15.8 Å². The first kappa shape index (κ1) is 18.7. The van der Waals surface area contributed by atoms with Crippen LogP contribution in [0.15, 0.2) is 34.9 Å². The molecule has 4 aromatic heterocycles. The molecule has 0 spiro atoms. The van der Waals surface area contributed by atoms with Gasteiger partial charge >= 0.3 is 0 Å². The molecule has 5 aromatic rings. The molecule has 0 radical (unpaired) electrons. The Hall–Kier alpha value is -2.07. The summed E-state index contributed by atoms with van der Waals surface area (Å²) in [5.41, 5.74) is 3.45. The average Bonchev–Trinajstić information content (AvgIpc) is 3.44. The van der Waals surface area contributed by atoms with Crippen molar-refractivity contribution in [1.29, 1.82) is 0 Å². The molecule has 6 rings (SSSR count). The number of nitrogens with zero attached hydrogens (tertiary/aromatic N) is 5. The molecular formula is C21H21N6S3+. The molecule has 0 bridgehead atoms. The van der Waals surface area contributed by atoms with Gasteiger partial charge in [-0.1, -0.05) is 23.9 Å². The monoisotopic (exact) mass is 453 g/mol. The number of hydrogen-bond donors (Lipinski definition) is 1. The highest BCUT2D eigenvalue weighted by Gasteiger charge is 2.27. The van der Waals surface area contributed by atoms with Crippen molar-refractivity contribution >= 4 is 60.5 Å². The average molecular weight is 454 g/mol. The van der Waals surface area contributed by atoms with E-state index in [1.54, 1.807) is 28.0 Å². The van der Waals surface area contributed by atoms with Gasteiger partial charge in [0.25, 0.3) is 0 Å². The summed E-state index contributed by atoms with van der Waals surface area (Å²) in [6.07, 6.45) is 2.90. The van der Waals surface area contributed by atoms with E-state index in [9.17, 15) is 0 Å². The van der Waals surface area contributed by atoms with Crippen LogP contribution in [-0.4, -0.2) is 37.2 Å². The van der Waals surface area contributed by atoms with Crippen LogP contribution < -0.4 is 4.90 Å². The Morgan fingerprint density at radius 1 is 1.20 bits per heavy atom. The Morgan fingerprint density at radius 2 is 2.10 bits per heavy atom. The number of thiophene rings is 1. The molecule has 1 aliphatic heterocycles. The first-order chi connectivity index (χ1) is 14.7. The molecule has 9 heteroatoms. The lowest BCUT2D eigenvalue weighted by Crippen LogP contribution is -3.14. The van der Waals surface area contributed by atoms with Crippen molar-refractivity contribution in [2.75, 3.05) is 6.54 Å². The van der Waals surface area contributed by atoms with E-state index in [0.717, 1.165) is 39.1 Å². The van der Waals surface area contributed by atoms with Gasteiger partial charge in [-0.2, -0.15) is 0 Å². The van der Waals surface area contributed by atoms with Crippen molar-refractivity contribution in [3.63, 3.8) is 0 Å². The minimum Gasteiger partial charge on any atom is -0.328 e. The normalized spacial score (nSPS) is 16.8. The first-order valence-electron chi connectivity index (χ1n) is 10.1. The fourth-order valence-electron chi connectivity index (χ4n) is 4.13. The molecule has 5 heterocycles. The highest BCUT2D eigenvalue weighted by Crippen LogP contribution is 2.34. The van der Waals surface area contributed by atoms with Crippen LogP contribution in [0.2, 0.25) is 0 Å². The lowest BCUT2D eigenvalue weighted by atomic mass is 10.0. The third-order valence-corrected chi connectivity index (χ3v) is 9.07. The summed E-state index contributed by atoms with van der Waals surface area (Å²) >= 11 is 5.26. The topological polar surface area (TPSA) is 60.4 Å². The van der Waals surface area contributed by atoms with Crippen LogP contribution in [-0.2, 0) is 18.7 Å². The number of thioether (sulfide) groups is 1. The van der Waals surface area contributed by atoms with Gasteiger partial charge in [-0.15, -0.1) is 27.8 Å². The van der Waals surface area contributed by atoms with Crippen LogP contribution in [0.1, 0.15) is 30.1 Å². The molecule has 0 fully saturated rings. The largest absolute Gasteiger partial charge is 0.328 e. The van der Waals surface area contributed by atoms with E-state index in [0.29, 0.717) is 11.8 Å². The molecule has 30 heavy (non-hydrogen) atoms. The summed E-state index contributed by atoms with van der Waals surface area (Å²) < 4.78 is 4.13. The second-order valence-corrected chi connectivity index (χ2v) is 11.3. The Morgan fingerprint density at radius 3 is 2.97 bits per heavy atom. The minimum absolute atomic E-state index is 0.649. The number of rotatable bonds is 4. The molecule has 0 saturated carbocycles. The summed E-state index contributed by atoms with van der Waals surface area (Å²) in [4.78, 5) is 18.5. The van der Waals surface area contributed by atoms with Gasteiger partial charge in [0.1, 0.15) is 17.7 Å². The molecule has 1 aliphatic rings. The summed E-state index contributed by atoms with van der Waals surface area (Å²) in [5, 5.41) is 5.91. The summed E-state index contributed by atoms with van der Waals surface area (Å²) in [6, 6.07) is 8.91. The zero-order valence-electron chi connectivity index (χ0n) is 16.8. The number of nitrogens with one attached hydrogen (secondary N) is 1.